The molecule has 1 unspecified atom stereocenters. The van der Waals surface area contributed by atoms with Crippen molar-refractivity contribution in [2.45, 2.75) is 40.0 Å². The molecule has 0 spiro atoms. The Hall–Kier alpha value is -1.45. The third-order valence-electron chi connectivity index (χ3n) is 3.77. The number of ether oxygens (including phenoxy) is 1. The molecule has 1 aliphatic rings. The first-order valence-corrected chi connectivity index (χ1v) is 7.70. The van der Waals surface area contributed by atoms with Crippen molar-refractivity contribution in [2.75, 3.05) is 30.3 Å². The number of nitrogens with zero attached hydrogens (tertiary/aromatic N) is 2. The van der Waals surface area contributed by atoms with E-state index >= 15 is 0 Å². The summed E-state index contributed by atoms with van der Waals surface area (Å²) in [5.74, 6) is 2.85. The lowest BCUT2D eigenvalue weighted by Gasteiger charge is -2.22. The molecule has 2 N–H and O–H groups in total. The Kier molecular flexibility index (Phi) is 5.10. The maximum Gasteiger partial charge on any atom is 0.239 e. The highest BCUT2D eigenvalue weighted by Gasteiger charge is 2.16. The number of pyridine rings is 1. The van der Waals surface area contributed by atoms with Crippen molar-refractivity contribution in [3.8, 4) is 5.88 Å². The topological polar surface area (TPSA) is 51.4 Å². The van der Waals surface area contributed by atoms with Crippen LogP contribution < -0.4 is 15.4 Å². The van der Waals surface area contributed by atoms with E-state index in [4.69, 9.17) is 10.5 Å². The second-order valence-corrected chi connectivity index (χ2v) is 6.29. The fourth-order valence-electron chi connectivity index (χ4n) is 2.47. The minimum absolute atomic E-state index is 0.471. The molecule has 0 saturated carbocycles. The van der Waals surface area contributed by atoms with E-state index in [9.17, 15) is 0 Å². The monoisotopic (exact) mass is 277 g/mol. The van der Waals surface area contributed by atoms with Crippen molar-refractivity contribution in [3.05, 3.63) is 12.1 Å². The minimum atomic E-state index is 0.471. The van der Waals surface area contributed by atoms with Crippen molar-refractivity contribution in [2.24, 2.45) is 11.8 Å². The van der Waals surface area contributed by atoms with Crippen LogP contribution in [0.4, 0.5) is 11.5 Å². The molecule has 4 nitrogen and oxygen atoms in total. The van der Waals surface area contributed by atoms with E-state index in [1.54, 1.807) is 0 Å². The largest absolute Gasteiger partial charge is 0.476 e. The molecule has 0 bridgehead atoms. The summed E-state index contributed by atoms with van der Waals surface area (Å²) >= 11 is 0. The number of nitrogens with two attached hydrogens (primary N) is 1. The highest BCUT2D eigenvalue weighted by molar-refractivity contribution is 5.54. The highest BCUT2D eigenvalue weighted by Crippen LogP contribution is 2.26. The van der Waals surface area contributed by atoms with E-state index in [0.29, 0.717) is 24.1 Å². The molecule has 20 heavy (non-hydrogen) atoms. The zero-order chi connectivity index (χ0) is 14.5. The summed E-state index contributed by atoms with van der Waals surface area (Å²) in [4.78, 5) is 6.97. The van der Waals surface area contributed by atoms with Crippen LogP contribution in [0.25, 0.3) is 0 Å². The number of anilines is 2. The Bertz CT molecular complexity index is 434. The average Bonchev–Trinajstić information content (AvgIpc) is 2.62. The van der Waals surface area contributed by atoms with Gasteiger partial charge in [-0.3, -0.25) is 0 Å². The van der Waals surface area contributed by atoms with Gasteiger partial charge in [-0.25, -0.2) is 0 Å². The van der Waals surface area contributed by atoms with E-state index in [0.717, 1.165) is 24.8 Å². The summed E-state index contributed by atoms with van der Waals surface area (Å²) in [6.07, 6.45) is 3.77. The normalized spacial score (nSPS) is 20.0. The first-order chi connectivity index (χ1) is 9.56. The molecule has 112 valence electrons. The predicted molar refractivity (Wildman–Crippen MR) is 84.2 cm³/mol. The molecule has 1 atom stereocenters. The molecule has 0 amide bonds. The first-order valence-electron chi connectivity index (χ1n) is 7.70. The van der Waals surface area contributed by atoms with E-state index in [2.05, 4.69) is 30.7 Å². The summed E-state index contributed by atoms with van der Waals surface area (Å²) in [6, 6.07) is 3.92. The van der Waals surface area contributed by atoms with Gasteiger partial charge in [0, 0.05) is 13.1 Å². The van der Waals surface area contributed by atoms with E-state index in [-0.39, 0.29) is 0 Å². The third-order valence-corrected chi connectivity index (χ3v) is 3.77. The fourth-order valence-corrected chi connectivity index (χ4v) is 2.47. The van der Waals surface area contributed by atoms with Crippen LogP contribution in [0, 0.1) is 11.8 Å². The fraction of sp³-hybridized carbons (Fsp3) is 0.688. The number of nitrogen functional groups attached to an aromatic ring is 1. The maximum atomic E-state index is 5.95. The van der Waals surface area contributed by atoms with E-state index in [1.807, 2.05) is 12.1 Å². The van der Waals surface area contributed by atoms with Gasteiger partial charge in [-0.1, -0.05) is 20.8 Å². The van der Waals surface area contributed by atoms with E-state index in [1.165, 1.54) is 19.3 Å². The average molecular weight is 277 g/mol. The molecule has 1 aliphatic heterocycles. The lowest BCUT2D eigenvalue weighted by atomic mass is 10.0. The molecule has 1 aromatic heterocycles. The van der Waals surface area contributed by atoms with Crippen molar-refractivity contribution < 1.29 is 4.74 Å². The smallest absolute Gasteiger partial charge is 0.239 e. The molecule has 0 aliphatic carbocycles. The Morgan fingerprint density at radius 1 is 1.35 bits per heavy atom. The van der Waals surface area contributed by atoms with Gasteiger partial charge >= 0.3 is 0 Å². The summed E-state index contributed by atoms with van der Waals surface area (Å²) in [5.41, 5.74) is 6.57. The standard InChI is InChI=1S/C16H27N3O/c1-12(2)11-20-16-14(17)6-7-15(18-16)19-9-4-5-13(3)8-10-19/h6-7,12-13H,4-5,8-11,17H2,1-3H3. The lowest BCUT2D eigenvalue weighted by molar-refractivity contribution is 0.263. The SMILES string of the molecule is CC(C)COc1nc(N2CCCC(C)CC2)ccc1N. The molecule has 2 rings (SSSR count). The van der Waals surface area contributed by atoms with Crippen molar-refractivity contribution in [1.82, 2.24) is 4.98 Å². The van der Waals surface area contributed by atoms with Crippen LogP contribution in [0.15, 0.2) is 12.1 Å². The summed E-state index contributed by atoms with van der Waals surface area (Å²) < 4.78 is 5.72. The van der Waals surface area contributed by atoms with Crippen molar-refractivity contribution >= 4 is 11.5 Å². The predicted octanol–water partition coefficient (Wildman–Crippen LogP) is 3.33. The van der Waals surface area contributed by atoms with Gasteiger partial charge in [0.2, 0.25) is 5.88 Å². The molecular weight excluding hydrogens is 250 g/mol. The maximum absolute atomic E-state index is 5.95. The zero-order valence-electron chi connectivity index (χ0n) is 12.9. The zero-order valence-corrected chi connectivity index (χ0v) is 12.9. The lowest BCUT2D eigenvalue weighted by Crippen LogP contribution is -2.25. The summed E-state index contributed by atoms with van der Waals surface area (Å²) in [6.45, 7) is 9.37. The van der Waals surface area contributed by atoms with Crippen LogP contribution >= 0.6 is 0 Å². The molecule has 2 heterocycles. The Morgan fingerprint density at radius 3 is 2.90 bits per heavy atom. The quantitative estimate of drug-likeness (QED) is 0.917. The second kappa shape index (κ2) is 6.82. The van der Waals surface area contributed by atoms with Crippen LogP contribution in [-0.2, 0) is 0 Å². The van der Waals surface area contributed by atoms with Crippen LogP contribution in [-0.4, -0.2) is 24.7 Å². The summed E-state index contributed by atoms with van der Waals surface area (Å²) in [5, 5.41) is 0. The molecule has 1 aromatic rings. The number of aromatic nitrogens is 1. The Balaban J connectivity index is 2.09. The second-order valence-electron chi connectivity index (χ2n) is 6.29. The molecule has 0 aromatic carbocycles. The van der Waals surface area contributed by atoms with Gasteiger partial charge in [-0.2, -0.15) is 4.98 Å². The number of rotatable bonds is 4. The van der Waals surface area contributed by atoms with Gasteiger partial charge in [0.1, 0.15) is 5.82 Å². The van der Waals surface area contributed by atoms with Gasteiger partial charge in [-0.05, 0) is 43.2 Å². The van der Waals surface area contributed by atoms with Gasteiger partial charge in [0.25, 0.3) is 0 Å². The number of hydrogen-bond donors (Lipinski definition) is 1. The first kappa shape index (κ1) is 14.9. The number of hydrogen-bond acceptors (Lipinski definition) is 4. The molecular formula is C16H27N3O. The van der Waals surface area contributed by atoms with Gasteiger partial charge in [0.05, 0.1) is 12.3 Å². The molecule has 1 fully saturated rings. The molecule has 1 saturated heterocycles. The van der Waals surface area contributed by atoms with Crippen molar-refractivity contribution in [3.63, 3.8) is 0 Å². The molecule has 4 heteroatoms. The Labute approximate surface area is 122 Å². The van der Waals surface area contributed by atoms with E-state index < -0.39 is 0 Å². The summed E-state index contributed by atoms with van der Waals surface area (Å²) in [7, 11) is 0. The minimum Gasteiger partial charge on any atom is -0.476 e. The van der Waals surface area contributed by atoms with Gasteiger partial charge in [-0.15, -0.1) is 0 Å². The van der Waals surface area contributed by atoms with Crippen LogP contribution in [0.2, 0.25) is 0 Å². The molecule has 0 radical (unpaired) electrons. The third kappa shape index (κ3) is 4.02. The Morgan fingerprint density at radius 2 is 2.15 bits per heavy atom. The van der Waals surface area contributed by atoms with Gasteiger partial charge in [0.15, 0.2) is 0 Å². The van der Waals surface area contributed by atoms with Crippen molar-refractivity contribution in [1.29, 1.82) is 0 Å². The van der Waals surface area contributed by atoms with Crippen LogP contribution in [0.1, 0.15) is 40.0 Å². The van der Waals surface area contributed by atoms with Crippen LogP contribution in [0.3, 0.4) is 0 Å². The highest BCUT2D eigenvalue weighted by atomic mass is 16.5. The van der Waals surface area contributed by atoms with Gasteiger partial charge < -0.3 is 15.4 Å². The van der Waals surface area contributed by atoms with Crippen LogP contribution in [0.5, 0.6) is 5.88 Å².